The van der Waals surface area contributed by atoms with Crippen LogP contribution in [0.2, 0.25) is 0 Å². The van der Waals surface area contributed by atoms with E-state index in [1.54, 1.807) is 12.1 Å². The maximum atomic E-state index is 13.3. The number of rotatable bonds is 5. The highest BCUT2D eigenvalue weighted by Crippen LogP contribution is 2.32. The van der Waals surface area contributed by atoms with Gasteiger partial charge in [-0.15, -0.1) is 0 Å². The van der Waals surface area contributed by atoms with Gasteiger partial charge in [-0.3, -0.25) is 14.5 Å². The molecule has 0 saturated carbocycles. The number of hydrogen-bond acceptors (Lipinski definition) is 4. The number of imide groups is 1. The Morgan fingerprint density at radius 2 is 1.79 bits per heavy atom. The molecule has 1 aliphatic heterocycles. The summed E-state index contributed by atoms with van der Waals surface area (Å²) in [4.78, 5) is 27.7. The summed E-state index contributed by atoms with van der Waals surface area (Å²) in [7, 11) is 0. The summed E-state index contributed by atoms with van der Waals surface area (Å²) in [5, 5.41) is 3.16. The number of aryl methyl sites for hydroxylation is 2. The molecule has 4 rings (SSSR count). The third-order valence-electron chi connectivity index (χ3n) is 4.95. The predicted molar refractivity (Wildman–Crippen MR) is 115 cm³/mol. The molecule has 0 saturated heterocycles. The summed E-state index contributed by atoms with van der Waals surface area (Å²) >= 11 is 3.44. The van der Waals surface area contributed by atoms with Crippen molar-refractivity contribution in [2.24, 2.45) is 0 Å². The molecule has 5 nitrogen and oxygen atoms in total. The van der Waals surface area contributed by atoms with E-state index in [-0.39, 0.29) is 24.1 Å². The number of anilines is 1. The summed E-state index contributed by atoms with van der Waals surface area (Å²) in [6.07, 6.45) is 1.53. The number of carbonyl (C=O) groups is 2. The molecule has 2 heterocycles. The second-order valence-corrected chi connectivity index (χ2v) is 7.88. The molecule has 1 aliphatic rings. The molecule has 2 aromatic carbocycles. The SMILES string of the molecule is Cc1ccc(C2=C(Nc3cccc(Br)c3)C(=O)N(Cc3ccco3)C2=O)cc1C. The van der Waals surface area contributed by atoms with Gasteiger partial charge in [-0.2, -0.15) is 0 Å². The highest BCUT2D eigenvalue weighted by Gasteiger charge is 2.39. The molecule has 0 radical (unpaired) electrons. The van der Waals surface area contributed by atoms with Gasteiger partial charge in [0.1, 0.15) is 11.5 Å². The molecule has 0 bridgehead atoms. The number of amides is 2. The Labute approximate surface area is 177 Å². The fraction of sp³-hybridized carbons (Fsp3) is 0.130. The van der Waals surface area contributed by atoms with E-state index in [4.69, 9.17) is 4.42 Å². The van der Waals surface area contributed by atoms with Crippen molar-refractivity contribution in [3.05, 3.63) is 93.5 Å². The van der Waals surface area contributed by atoms with Crippen molar-refractivity contribution in [2.75, 3.05) is 5.32 Å². The van der Waals surface area contributed by atoms with E-state index in [9.17, 15) is 9.59 Å². The minimum Gasteiger partial charge on any atom is -0.467 e. The highest BCUT2D eigenvalue weighted by atomic mass is 79.9. The van der Waals surface area contributed by atoms with Crippen LogP contribution in [0.3, 0.4) is 0 Å². The molecule has 1 aromatic heterocycles. The van der Waals surface area contributed by atoms with Gasteiger partial charge in [0.25, 0.3) is 11.8 Å². The molecule has 146 valence electrons. The third kappa shape index (κ3) is 3.76. The summed E-state index contributed by atoms with van der Waals surface area (Å²) in [5.41, 5.74) is 4.25. The first-order chi connectivity index (χ1) is 13.9. The van der Waals surface area contributed by atoms with Crippen LogP contribution in [0.1, 0.15) is 22.5 Å². The zero-order valence-electron chi connectivity index (χ0n) is 16.0. The van der Waals surface area contributed by atoms with Crippen LogP contribution in [0.25, 0.3) is 5.57 Å². The average Bonchev–Trinajstić information content (AvgIpc) is 3.28. The molecule has 6 heteroatoms. The van der Waals surface area contributed by atoms with Gasteiger partial charge in [0, 0.05) is 10.2 Å². The van der Waals surface area contributed by atoms with Crippen LogP contribution in [-0.4, -0.2) is 16.7 Å². The Morgan fingerprint density at radius 1 is 0.966 bits per heavy atom. The normalized spacial score (nSPS) is 14.1. The molecule has 0 aliphatic carbocycles. The quantitative estimate of drug-likeness (QED) is 0.552. The largest absolute Gasteiger partial charge is 0.467 e. The maximum Gasteiger partial charge on any atom is 0.278 e. The monoisotopic (exact) mass is 450 g/mol. The molecule has 0 atom stereocenters. The van der Waals surface area contributed by atoms with Crippen molar-refractivity contribution in [2.45, 2.75) is 20.4 Å². The Kier molecular flexibility index (Phi) is 5.11. The average molecular weight is 451 g/mol. The highest BCUT2D eigenvalue weighted by molar-refractivity contribution is 9.10. The van der Waals surface area contributed by atoms with E-state index in [1.807, 2.05) is 56.3 Å². The maximum absolute atomic E-state index is 13.3. The second-order valence-electron chi connectivity index (χ2n) is 6.96. The van der Waals surface area contributed by atoms with Crippen molar-refractivity contribution in [1.29, 1.82) is 0 Å². The number of nitrogens with one attached hydrogen (secondary N) is 1. The van der Waals surface area contributed by atoms with Crippen LogP contribution in [0.4, 0.5) is 5.69 Å². The summed E-state index contributed by atoms with van der Waals surface area (Å²) in [6.45, 7) is 4.09. The number of nitrogens with zero attached hydrogens (tertiary/aromatic N) is 1. The van der Waals surface area contributed by atoms with Crippen molar-refractivity contribution in [3.8, 4) is 0 Å². The minimum absolute atomic E-state index is 0.0860. The molecular weight excluding hydrogens is 432 g/mol. The van der Waals surface area contributed by atoms with E-state index in [1.165, 1.54) is 11.2 Å². The molecule has 0 spiro atoms. The predicted octanol–water partition coefficient (Wildman–Crippen LogP) is 5.05. The molecule has 3 aromatic rings. The smallest absolute Gasteiger partial charge is 0.278 e. The van der Waals surface area contributed by atoms with Gasteiger partial charge in [0.05, 0.1) is 18.4 Å². The zero-order chi connectivity index (χ0) is 20.5. The van der Waals surface area contributed by atoms with Crippen molar-refractivity contribution >= 4 is 39.0 Å². The minimum atomic E-state index is -0.375. The molecule has 29 heavy (non-hydrogen) atoms. The fourth-order valence-corrected chi connectivity index (χ4v) is 3.67. The van der Waals surface area contributed by atoms with Crippen LogP contribution < -0.4 is 5.32 Å². The lowest BCUT2D eigenvalue weighted by Crippen LogP contribution is -2.31. The van der Waals surface area contributed by atoms with E-state index in [2.05, 4.69) is 21.2 Å². The first-order valence-electron chi connectivity index (χ1n) is 9.17. The lowest BCUT2D eigenvalue weighted by Gasteiger charge is -2.13. The molecule has 2 amide bonds. The van der Waals surface area contributed by atoms with Gasteiger partial charge in [0.15, 0.2) is 0 Å². The summed E-state index contributed by atoms with van der Waals surface area (Å²) in [5.74, 6) is -0.165. The fourth-order valence-electron chi connectivity index (χ4n) is 3.27. The Hall–Kier alpha value is -3.12. The second kappa shape index (κ2) is 7.72. The van der Waals surface area contributed by atoms with Crippen molar-refractivity contribution in [3.63, 3.8) is 0 Å². The molecule has 1 N–H and O–H groups in total. The van der Waals surface area contributed by atoms with E-state index >= 15 is 0 Å². The van der Waals surface area contributed by atoms with Crippen LogP contribution in [0.5, 0.6) is 0 Å². The van der Waals surface area contributed by atoms with Crippen LogP contribution >= 0.6 is 15.9 Å². The van der Waals surface area contributed by atoms with E-state index in [0.29, 0.717) is 16.9 Å². The van der Waals surface area contributed by atoms with Gasteiger partial charge in [0.2, 0.25) is 0 Å². The number of carbonyl (C=O) groups excluding carboxylic acids is 2. The Morgan fingerprint density at radius 3 is 2.48 bits per heavy atom. The van der Waals surface area contributed by atoms with Crippen LogP contribution in [0.15, 0.2) is 75.4 Å². The van der Waals surface area contributed by atoms with Gasteiger partial charge in [-0.25, -0.2) is 0 Å². The van der Waals surface area contributed by atoms with Gasteiger partial charge >= 0.3 is 0 Å². The molecule has 0 unspecified atom stereocenters. The summed E-state index contributed by atoms with van der Waals surface area (Å²) in [6, 6.07) is 16.7. The van der Waals surface area contributed by atoms with Gasteiger partial charge in [-0.05, 0) is 60.9 Å². The number of halogens is 1. The first kappa shape index (κ1) is 19.2. The standard InChI is InChI=1S/C23H19BrN2O3/c1-14-8-9-16(11-15(14)2)20-21(25-18-6-3-5-17(24)12-18)23(28)26(22(20)27)13-19-7-4-10-29-19/h3-12,25H,13H2,1-2H3. The number of hydrogen-bond donors (Lipinski definition) is 1. The topological polar surface area (TPSA) is 62.6 Å². The zero-order valence-corrected chi connectivity index (χ0v) is 17.6. The lowest BCUT2D eigenvalue weighted by molar-refractivity contribution is -0.137. The number of furan rings is 1. The Balaban J connectivity index is 1.78. The van der Waals surface area contributed by atoms with E-state index < -0.39 is 0 Å². The third-order valence-corrected chi connectivity index (χ3v) is 5.44. The summed E-state index contributed by atoms with van der Waals surface area (Å²) < 4.78 is 6.22. The van der Waals surface area contributed by atoms with Gasteiger partial charge in [-0.1, -0.05) is 40.2 Å². The van der Waals surface area contributed by atoms with Crippen LogP contribution in [0, 0.1) is 13.8 Å². The number of benzene rings is 2. The Bertz CT molecular complexity index is 1130. The van der Waals surface area contributed by atoms with E-state index in [0.717, 1.165) is 21.3 Å². The van der Waals surface area contributed by atoms with Crippen molar-refractivity contribution in [1.82, 2.24) is 4.90 Å². The lowest BCUT2D eigenvalue weighted by atomic mass is 9.99. The first-order valence-corrected chi connectivity index (χ1v) is 9.96. The van der Waals surface area contributed by atoms with Crippen LogP contribution in [-0.2, 0) is 16.1 Å². The van der Waals surface area contributed by atoms with Crippen molar-refractivity contribution < 1.29 is 14.0 Å². The molecular formula is C23H19BrN2O3. The van der Waals surface area contributed by atoms with Gasteiger partial charge < -0.3 is 9.73 Å². The molecule has 0 fully saturated rings.